The van der Waals surface area contributed by atoms with E-state index in [0.29, 0.717) is 30.0 Å². The van der Waals surface area contributed by atoms with Gasteiger partial charge >= 0.3 is 0 Å². The van der Waals surface area contributed by atoms with Crippen LogP contribution in [0, 0.1) is 11.7 Å². The summed E-state index contributed by atoms with van der Waals surface area (Å²) in [7, 11) is 1.81. The van der Waals surface area contributed by atoms with E-state index in [-0.39, 0.29) is 29.6 Å². The van der Waals surface area contributed by atoms with Crippen molar-refractivity contribution in [3.05, 3.63) is 94.2 Å². The van der Waals surface area contributed by atoms with Crippen LogP contribution in [0.3, 0.4) is 0 Å². The van der Waals surface area contributed by atoms with Crippen molar-refractivity contribution < 1.29 is 14.0 Å². The van der Waals surface area contributed by atoms with E-state index >= 15 is 0 Å². The lowest BCUT2D eigenvalue weighted by Crippen LogP contribution is -2.48. The van der Waals surface area contributed by atoms with Crippen LogP contribution in [0.5, 0.6) is 0 Å². The first-order valence-corrected chi connectivity index (χ1v) is 12.3. The van der Waals surface area contributed by atoms with Crippen LogP contribution in [0.2, 0.25) is 0 Å². The molecule has 34 heavy (non-hydrogen) atoms. The zero-order chi connectivity index (χ0) is 23.9. The van der Waals surface area contributed by atoms with E-state index in [1.54, 1.807) is 41.6 Å². The normalized spacial score (nSPS) is 15.4. The Morgan fingerprint density at radius 2 is 1.88 bits per heavy atom. The van der Waals surface area contributed by atoms with E-state index < -0.39 is 0 Å². The van der Waals surface area contributed by atoms with E-state index in [9.17, 15) is 14.0 Å². The second kappa shape index (κ2) is 11.2. The monoisotopic (exact) mass is 477 g/mol. The van der Waals surface area contributed by atoms with Crippen molar-refractivity contribution in [3.8, 4) is 0 Å². The van der Waals surface area contributed by atoms with Gasteiger partial charge in [-0.05, 0) is 72.0 Å². The summed E-state index contributed by atoms with van der Waals surface area (Å²) >= 11 is 1.41. The lowest BCUT2D eigenvalue weighted by atomic mass is 9.84. The molecule has 0 aliphatic carbocycles. The number of aromatic nitrogens is 1. The number of carbonyl (C=O) groups is 2. The Morgan fingerprint density at radius 1 is 1.15 bits per heavy atom. The van der Waals surface area contributed by atoms with Gasteiger partial charge < -0.3 is 9.80 Å². The number of likely N-dealkylation sites (tertiary alicyclic amines) is 1. The molecule has 7 heteroatoms. The average Bonchev–Trinajstić information content (AvgIpc) is 3.42. The van der Waals surface area contributed by atoms with E-state index in [1.165, 1.54) is 17.4 Å². The molecule has 4 rings (SSSR count). The fourth-order valence-electron chi connectivity index (χ4n) is 4.49. The molecule has 1 saturated heterocycles. The predicted molar refractivity (Wildman–Crippen MR) is 133 cm³/mol. The number of carbonyl (C=O) groups excluding carboxylic acids is 2. The van der Waals surface area contributed by atoms with Crippen LogP contribution in [0.1, 0.15) is 33.6 Å². The zero-order valence-electron chi connectivity index (χ0n) is 19.1. The number of halogens is 1. The van der Waals surface area contributed by atoms with E-state index in [0.717, 1.165) is 18.4 Å². The molecular formula is C27H28FN3O2S. The smallest absolute Gasteiger partial charge is 0.263 e. The number of nitrogens with zero attached hydrogens (tertiary/aromatic N) is 3. The van der Waals surface area contributed by atoms with Gasteiger partial charge in [0, 0.05) is 44.6 Å². The van der Waals surface area contributed by atoms with Gasteiger partial charge in [0.2, 0.25) is 5.91 Å². The molecule has 1 aromatic carbocycles. The third-order valence-corrected chi connectivity index (χ3v) is 7.31. The predicted octanol–water partition coefficient (Wildman–Crippen LogP) is 4.92. The van der Waals surface area contributed by atoms with Crippen molar-refractivity contribution in [2.75, 3.05) is 20.1 Å². The molecule has 0 saturated carbocycles. The number of hydrogen-bond acceptors (Lipinski definition) is 4. The third-order valence-electron chi connectivity index (χ3n) is 6.46. The molecule has 0 spiro atoms. The van der Waals surface area contributed by atoms with Crippen LogP contribution < -0.4 is 0 Å². The van der Waals surface area contributed by atoms with Crippen molar-refractivity contribution in [2.45, 2.75) is 25.3 Å². The number of benzene rings is 1. The molecule has 3 aromatic rings. The maximum Gasteiger partial charge on any atom is 0.263 e. The molecule has 176 valence electrons. The minimum absolute atomic E-state index is 0.0241. The zero-order valence-corrected chi connectivity index (χ0v) is 20.0. The quantitative estimate of drug-likeness (QED) is 0.454. The molecular weight excluding hydrogens is 449 g/mol. The highest BCUT2D eigenvalue weighted by Crippen LogP contribution is 2.28. The Labute approximate surface area is 203 Å². The van der Waals surface area contributed by atoms with Gasteiger partial charge in [0.1, 0.15) is 5.82 Å². The summed E-state index contributed by atoms with van der Waals surface area (Å²) < 4.78 is 14.5. The van der Waals surface area contributed by atoms with E-state index in [1.807, 2.05) is 47.7 Å². The molecule has 1 atom stereocenters. The van der Waals surface area contributed by atoms with Gasteiger partial charge in [0.25, 0.3) is 5.91 Å². The van der Waals surface area contributed by atoms with Crippen LogP contribution in [-0.2, 0) is 11.2 Å². The number of piperidine rings is 1. The molecule has 5 nitrogen and oxygen atoms in total. The molecule has 1 unspecified atom stereocenters. The van der Waals surface area contributed by atoms with Crippen LogP contribution in [-0.4, -0.2) is 52.8 Å². The van der Waals surface area contributed by atoms with Gasteiger partial charge in [0.05, 0.1) is 4.88 Å². The van der Waals surface area contributed by atoms with Gasteiger partial charge in [-0.25, -0.2) is 4.39 Å². The molecule has 1 aliphatic rings. The maximum absolute atomic E-state index is 14.5. The Morgan fingerprint density at radius 3 is 2.56 bits per heavy atom. The number of hydrogen-bond donors (Lipinski definition) is 0. The maximum atomic E-state index is 14.5. The summed E-state index contributed by atoms with van der Waals surface area (Å²) in [6.07, 6.45) is 8.75. The van der Waals surface area contributed by atoms with Crippen LogP contribution in [0.25, 0.3) is 6.08 Å². The first-order chi connectivity index (χ1) is 16.5. The molecule has 2 amide bonds. The molecule has 0 radical (unpaired) electrons. The largest absolute Gasteiger partial charge is 0.339 e. The van der Waals surface area contributed by atoms with Gasteiger partial charge in [-0.1, -0.05) is 24.3 Å². The first-order valence-electron chi connectivity index (χ1n) is 11.4. The SMILES string of the molecule is CN(C(=O)c1cccs1)C(Cc1ccccc1F)C1CCN(C(=O)C=Cc2ccncc2)CC1. The molecule has 2 aromatic heterocycles. The summed E-state index contributed by atoms with van der Waals surface area (Å²) in [4.78, 5) is 34.1. The standard InChI is InChI=1S/C27H28FN3O2S/c1-30(27(33)25-7-4-18-34-25)24(19-22-5-2-3-6-23(22)28)21-12-16-31(17-13-21)26(32)9-8-20-10-14-29-15-11-20/h2-11,14-15,18,21,24H,12-13,16-17,19H2,1H3. The molecule has 1 fully saturated rings. The Hall–Kier alpha value is -3.32. The summed E-state index contributed by atoms with van der Waals surface area (Å²) in [5, 5.41) is 1.89. The Kier molecular flexibility index (Phi) is 7.85. The second-order valence-electron chi connectivity index (χ2n) is 8.53. The average molecular weight is 478 g/mol. The number of rotatable bonds is 7. The summed E-state index contributed by atoms with van der Waals surface area (Å²) in [6.45, 7) is 1.22. The topological polar surface area (TPSA) is 53.5 Å². The van der Waals surface area contributed by atoms with Gasteiger partial charge in [0.15, 0.2) is 0 Å². The highest BCUT2D eigenvalue weighted by molar-refractivity contribution is 7.12. The van der Waals surface area contributed by atoms with Crippen molar-refractivity contribution in [1.82, 2.24) is 14.8 Å². The lowest BCUT2D eigenvalue weighted by Gasteiger charge is -2.40. The number of amides is 2. The molecule has 0 N–H and O–H groups in total. The van der Waals surface area contributed by atoms with Crippen molar-refractivity contribution in [1.29, 1.82) is 0 Å². The first kappa shape index (κ1) is 23.8. The van der Waals surface area contributed by atoms with Gasteiger partial charge in [-0.15, -0.1) is 11.3 Å². The van der Waals surface area contributed by atoms with Crippen molar-refractivity contribution in [2.24, 2.45) is 5.92 Å². The molecule has 3 heterocycles. The fourth-order valence-corrected chi connectivity index (χ4v) is 5.19. The van der Waals surface area contributed by atoms with E-state index in [2.05, 4.69) is 4.98 Å². The van der Waals surface area contributed by atoms with Gasteiger partial charge in [-0.2, -0.15) is 0 Å². The minimum atomic E-state index is -0.252. The van der Waals surface area contributed by atoms with Crippen LogP contribution >= 0.6 is 11.3 Å². The van der Waals surface area contributed by atoms with E-state index in [4.69, 9.17) is 0 Å². The summed E-state index contributed by atoms with van der Waals surface area (Å²) in [5.41, 5.74) is 1.54. The molecule has 1 aliphatic heterocycles. The number of likely N-dealkylation sites (N-methyl/N-ethyl adjacent to an activating group) is 1. The highest BCUT2D eigenvalue weighted by Gasteiger charge is 2.33. The van der Waals surface area contributed by atoms with Gasteiger partial charge in [-0.3, -0.25) is 14.6 Å². The number of thiophene rings is 1. The third kappa shape index (κ3) is 5.78. The van der Waals surface area contributed by atoms with Crippen LogP contribution in [0.15, 0.2) is 72.4 Å². The summed E-state index contributed by atoms with van der Waals surface area (Å²) in [6, 6.07) is 14.0. The minimum Gasteiger partial charge on any atom is -0.339 e. The van der Waals surface area contributed by atoms with Crippen molar-refractivity contribution >= 4 is 29.2 Å². The fraction of sp³-hybridized carbons (Fsp3) is 0.296. The number of pyridine rings is 1. The Balaban J connectivity index is 1.45. The summed E-state index contributed by atoms with van der Waals surface area (Å²) in [5.74, 6) is -0.154. The Bertz CT molecular complexity index is 1130. The second-order valence-corrected chi connectivity index (χ2v) is 9.48. The molecule has 0 bridgehead atoms. The van der Waals surface area contributed by atoms with Crippen molar-refractivity contribution in [3.63, 3.8) is 0 Å². The highest BCUT2D eigenvalue weighted by atomic mass is 32.1. The van der Waals surface area contributed by atoms with Crippen LogP contribution in [0.4, 0.5) is 4.39 Å². The lowest BCUT2D eigenvalue weighted by molar-refractivity contribution is -0.127.